The number of rotatable bonds is 8. The van der Waals surface area contributed by atoms with Crippen molar-refractivity contribution in [2.24, 2.45) is 5.73 Å². The minimum atomic E-state index is -0.981. The molecule has 0 bridgehead atoms. The molecule has 0 saturated heterocycles. The summed E-state index contributed by atoms with van der Waals surface area (Å²) in [6, 6.07) is 5.21. The van der Waals surface area contributed by atoms with Gasteiger partial charge in [0.05, 0.1) is 17.8 Å². The van der Waals surface area contributed by atoms with Crippen molar-refractivity contribution in [1.82, 2.24) is 29.6 Å². The average molecular weight is 494 g/mol. The minimum absolute atomic E-state index is 0.248. The molecular weight excluding hydrogens is 462 g/mol. The highest BCUT2D eigenvalue weighted by atomic mass is 16.5. The Bertz CT molecular complexity index is 1450. The molecule has 0 atom stereocenters. The molecule has 0 saturated carbocycles. The third-order valence-electron chi connectivity index (χ3n) is 5.96. The number of carbonyl (C=O) groups excluding carboxylic acids is 1. The van der Waals surface area contributed by atoms with E-state index in [9.17, 15) is 14.7 Å². The van der Waals surface area contributed by atoms with Crippen LogP contribution in [0.15, 0.2) is 24.4 Å². The third kappa shape index (κ3) is 4.81. The normalized spacial score (nSPS) is 11.8. The molecule has 4 rings (SSSR count). The Hall–Kier alpha value is -4.15. The lowest BCUT2D eigenvalue weighted by atomic mass is 10.1. The quantitative estimate of drug-likeness (QED) is 0.314. The number of hydrogen-bond acceptors (Lipinski definition) is 6. The molecule has 0 radical (unpaired) electrons. The fourth-order valence-corrected chi connectivity index (χ4v) is 4.22. The number of carbonyl (C=O) groups is 2. The molecule has 0 spiro atoms. The van der Waals surface area contributed by atoms with Crippen LogP contribution >= 0.6 is 0 Å². The van der Waals surface area contributed by atoms with Gasteiger partial charge < -0.3 is 25.5 Å². The van der Waals surface area contributed by atoms with E-state index >= 15 is 0 Å². The summed E-state index contributed by atoms with van der Waals surface area (Å²) < 4.78 is 7.86. The molecule has 0 fully saturated rings. The zero-order chi connectivity index (χ0) is 26.2. The molecule has 11 heteroatoms. The second kappa shape index (κ2) is 9.48. The van der Waals surface area contributed by atoms with Crippen molar-refractivity contribution in [3.8, 4) is 17.3 Å². The molecule has 4 N–H and O–H groups in total. The van der Waals surface area contributed by atoms with Gasteiger partial charge >= 0.3 is 6.09 Å². The molecule has 0 unspecified atom stereocenters. The van der Waals surface area contributed by atoms with E-state index in [0.717, 1.165) is 16.8 Å². The smallest absolute Gasteiger partial charge is 0.407 e. The summed E-state index contributed by atoms with van der Waals surface area (Å²) in [5.41, 5.74) is 8.29. The number of nitrogens with one attached hydrogen (secondary N) is 1. The number of carboxylic acid groups (broad SMARTS) is 1. The summed E-state index contributed by atoms with van der Waals surface area (Å²) in [4.78, 5) is 37.5. The maximum absolute atomic E-state index is 12.0. The fourth-order valence-electron chi connectivity index (χ4n) is 4.22. The molecule has 36 heavy (non-hydrogen) atoms. The fraction of sp³-hybridized carbons (Fsp3) is 0.400. The van der Waals surface area contributed by atoms with E-state index in [-0.39, 0.29) is 6.61 Å². The Morgan fingerprint density at radius 2 is 1.97 bits per heavy atom. The molecule has 0 aliphatic heterocycles. The van der Waals surface area contributed by atoms with E-state index in [4.69, 9.17) is 15.5 Å². The van der Waals surface area contributed by atoms with Crippen molar-refractivity contribution in [2.45, 2.75) is 53.1 Å². The molecule has 3 aromatic heterocycles. The largest absolute Gasteiger partial charge is 0.491 e. The maximum Gasteiger partial charge on any atom is 0.407 e. The molecule has 4 aromatic rings. The molecule has 3 heterocycles. The van der Waals surface area contributed by atoms with Gasteiger partial charge in [-0.3, -0.25) is 9.48 Å². The first kappa shape index (κ1) is 25.0. The standard InChI is InChI=1S/C25H31N7O4/c1-6-32-18(10-14(2)30-32)23-27-13-17-16-11-15(21(26)33)12-19(20(16)28-22(17)29-23)36-9-7-8-31(24(34)35)25(3,4)5/h10-13H,6-9H2,1-5H3,(H2,26,33)(H,34,35)(H,27,28,29). The minimum Gasteiger partial charge on any atom is -0.491 e. The number of benzene rings is 1. The lowest BCUT2D eigenvalue weighted by Crippen LogP contribution is -2.45. The Morgan fingerprint density at radius 3 is 2.61 bits per heavy atom. The van der Waals surface area contributed by atoms with Crippen LogP contribution in [-0.2, 0) is 6.54 Å². The summed E-state index contributed by atoms with van der Waals surface area (Å²) in [7, 11) is 0. The monoisotopic (exact) mass is 493 g/mol. The number of hydrogen-bond donors (Lipinski definition) is 3. The SMILES string of the molecule is CCn1nc(C)cc1-c1ncc2c(n1)[nH]c1c(OCCCN(C(=O)O)C(C)(C)C)cc(C(N)=O)cc12. The Morgan fingerprint density at radius 1 is 1.22 bits per heavy atom. The van der Waals surface area contributed by atoms with Crippen LogP contribution in [0.3, 0.4) is 0 Å². The van der Waals surface area contributed by atoms with Crippen LogP contribution in [0.2, 0.25) is 0 Å². The summed E-state index contributed by atoms with van der Waals surface area (Å²) in [6.07, 6.45) is 1.20. The van der Waals surface area contributed by atoms with Gasteiger partial charge in [0.15, 0.2) is 5.82 Å². The number of ether oxygens (including phenoxy) is 1. The number of aromatic amines is 1. The van der Waals surface area contributed by atoms with Gasteiger partial charge in [-0.25, -0.2) is 14.8 Å². The molecule has 0 aliphatic rings. The van der Waals surface area contributed by atoms with Gasteiger partial charge in [0.25, 0.3) is 0 Å². The van der Waals surface area contributed by atoms with Gasteiger partial charge in [-0.1, -0.05) is 0 Å². The topological polar surface area (TPSA) is 152 Å². The number of primary amides is 1. The van der Waals surface area contributed by atoms with Gasteiger partial charge in [0.1, 0.15) is 17.1 Å². The second-order valence-corrected chi connectivity index (χ2v) is 9.64. The first-order chi connectivity index (χ1) is 17.0. The van der Waals surface area contributed by atoms with E-state index in [2.05, 4.69) is 15.1 Å². The predicted molar refractivity (Wildman–Crippen MR) is 136 cm³/mol. The summed E-state index contributed by atoms with van der Waals surface area (Å²) in [5.74, 6) is 0.388. The van der Waals surface area contributed by atoms with Crippen molar-refractivity contribution >= 4 is 33.9 Å². The van der Waals surface area contributed by atoms with Crippen LogP contribution in [0.4, 0.5) is 4.79 Å². The second-order valence-electron chi connectivity index (χ2n) is 9.64. The van der Waals surface area contributed by atoms with Crippen LogP contribution in [0.25, 0.3) is 33.5 Å². The van der Waals surface area contributed by atoms with Gasteiger partial charge in [-0.2, -0.15) is 5.10 Å². The van der Waals surface area contributed by atoms with E-state index in [0.29, 0.717) is 53.2 Å². The van der Waals surface area contributed by atoms with E-state index < -0.39 is 17.5 Å². The van der Waals surface area contributed by atoms with Crippen LogP contribution < -0.4 is 10.5 Å². The highest BCUT2D eigenvalue weighted by molar-refractivity contribution is 6.11. The van der Waals surface area contributed by atoms with Crippen LogP contribution in [-0.4, -0.2) is 65.4 Å². The van der Waals surface area contributed by atoms with Crippen LogP contribution in [0.5, 0.6) is 5.75 Å². The van der Waals surface area contributed by atoms with Crippen molar-refractivity contribution in [1.29, 1.82) is 0 Å². The summed E-state index contributed by atoms with van der Waals surface area (Å²) >= 11 is 0. The number of aryl methyl sites for hydroxylation is 2. The Labute approximate surface area is 208 Å². The average Bonchev–Trinajstić information content (AvgIpc) is 3.37. The number of nitrogens with zero attached hydrogens (tertiary/aromatic N) is 5. The molecular formula is C25H31N7O4. The highest BCUT2D eigenvalue weighted by Gasteiger charge is 2.25. The van der Waals surface area contributed by atoms with Crippen LogP contribution in [0, 0.1) is 6.92 Å². The zero-order valence-electron chi connectivity index (χ0n) is 21.1. The maximum atomic E-state index is 12.0. The molecule has 0 aliphatic carbocycles. The zero-order valence-corrected chi connectivity index (χ0v) is 21.1. The van der Waals surface area contributed by atoms with E-state index in [1.807, 2.05) is 45.4 Å². The number of aromatic nitrogens is 5. The van der Waals surface area contributed by atoms with Gasteiger partial charge in [-0.15, -0.1) is 0 Å². The number of nitrogens with two attached hydrogens (primary N) is 1. The van der Waals surface area contributed by atoms with Crippen LogP contribution in [0.1, 0.15) is 50.2 Å². The number of fused-ring (bicyclic) bond motifs is 3. The van der Waals surface area contributed by atoms with E-state index in [1.165, 1.54) is 4.90 Å². The van der Waals surface area contributed by atoms with E-state index in [1.54, 1.807) is 18.3 Å². The lowest BCUT2D eigenvalue weighted by molar-refractivity contribution is 0.0957. The van der Waals surface area contributed by atoms with Gasteiger partial charge in [-0.05, 0) is 59.2 Å². The lowest BCUT2D eigenvalue weighted by Gasteiger charge is -2.33. The van der Waals surface area contributed by atoms with Crippen molar-refractivity contribution in [3.05, 3.63) is 35.7 Å². The first-order valence-electron chi connectivity index (χ1n) is 11.8. The molecule has 11 nitrogen and oxygen atoms in total. The Kier molecular flexibility index (Phi) is 6.57. The van der Waals surface area contributed by atoms with Gasteiger partial charge in [0, 0.05) is 41.2 Å². The highest BCUT2D eigenvalue weighted by Crippen LogP contribution is 2.33. The number of H-pyrrole nitrogens is 1. The number of amides is 2. The molecule has 190 valence electrons. The first-order valence-corrected chi connectivity index (χ1v) is 11.8. The Balaban J connectivity index is 1.68. The van der Waals surface area contributed by atoms with Crippen molar-refractivity contribution in [3.63, 3.8) is 0 Å². The van der Waals surface area contributed by atoms with Gasteiger partial charge in [0.2, 0.25) is 5.91 Å². The summed E-state index contributed by atoms with van der Waals surface area (Å²) in [6.45, 7) is 10.7. The predicted octanol–water partition coefficient (Wildman–Crippen LogP) is 3.95. The molecule has 1 aromatic carbocycles. The third-order valence-corrected chi connectivity index (χ3v) is 5.96. The summed E-state index contributed by atoms with van der Waals surface area (Å²) in [5, 5.41) is 15.4. The van der Waals surface area contributed by atoms with Crippen molar-refractivity contribution < 1.29 is 19.4 Å². The molecule has 2 amide bonds. The van der Waals surface area contributed by atoms with Crippen molar-refractivity contribution in [2.75, 3.05) is 13.2 Å².